The van der Waals surface area contributed by atoms with Gasteiger partial charge in [-0.1, -0.05) is 46.5 Å². The minimum Gasteiger partial charge on any atom is -0.303 e. The summed E-state index contributed by atoms with van der Waals surface area (Å²) < 4.78 is 0. The van der Waals surface area contributed by atoms with Gasteiger partial charge in [-0.15, -0.1) is 0 Å². The third-order valence-corrected chi connectivity index (χ3v) is 4.47. The number of hydrogen-bond donors (Lipinski definition) is 1. The molecule has 2 atom stereocenters. The first-order valence-electron chi connectivity index (χ1n) is 8.66. The molecule has 2 unspecified atom stereocenters. The molecule has 4 nitrogen and oxygen atoms in total. The molecule has 1 aliphatic rings. The van der Waals surface area contributed by atoms with Crippen LogP contribution in [-0.4, -0.2) is 34.8 Å². The zero-order valence-electron chi connectivity index (χ0n) is 14.2. The van der Waals surface area contributed by atoms with Gasteiger partial charge in [-0.3, -0.25) is 14.5 Å². The number of hydrogen-bond acceptors (Lipinski definition) is 3. The zero-order chi connectivity index (χ0) is 15.8. The molecule has 0 radical (unpaired) electrons. The van der Waals surface area contributed by atoms with E-state index in [1.807, 2.05) is 13.8 Å². The fourth-order valence-electron chi connectivity index (χ4n) is 3.12. The molecule has 4 heteroatoms. The van der Waals surface area contributed by atoms with Crippen molar-refractivity contribution >= 4 is 11.8 Å². The number of likely N-dealkylation sites (tertiary alicyclic amines) is 1. The lowest BCUT2D eigenvalue weighted by atomic mass is 10.1. The van der Waals surface area contributed by atoms with Crippen LogP contribution in [0.25, 0.3) is 0 Å². The first-order valence-corrected chi connectivity index (χ1v) is 8.66. The van der Waals surface area contributed by atoms with Crippen LogP contribution in [0.2, 0.25) is 0 Å². The highest BCUT2D eigenvalue weighted by atomic mass is 16.2. The maximum atomic E-state index is 12.4. The van der Waals surface area contributed by atoms with Gasteiger partial charge in [0.2, 0.25) is 11.8 Å². The molecule has 0 saturated carbocycles. The van der Waals surface area contributed by atoms with Crippen molar-refractivity contribution in [3.05, 3.63) is 0 Å². The molecule has 2 amide bonds. The second kappa shape index (κ2) is 9.19. The molecule has 0 aromatic heterocycles. The molecule has 1 fully saturated rings. The van der Waals surface area contributed by atoms with Gasteiger partial charge >= 0.3 is 0 Å². The Morgan fingerprint density at radius 1 is 1.14 bits per heavy atom. The summed E-state index contributed by atoms with van der Waals surface area (Å²) in [6, 6.07) is 0.0567. The number of carbonyl (C=O) groups excluding carboxylic acids is 2. The van der Waals surface area contributed by atoms with Crippen LogP contribution in [0.1, 0.15) is 79.1 Å². The summed E-state index contributed by atoms with van der Waals surface area (Å²) in [7, 11) is 0. The van der Waals surface area contributed by atoms with Gasteiger partial charge in [0, 0.05) is 12.1 Å². The largest absolute Gasteiger partial charge is 0.303 e. The summed E-state index contributed by atoms with van der Waals surface area (Å²) >= 11 is 0. The number of carbonyl (C=O) groups is 2. The highest BCUT2D eigenvalue weighted by Crippen LogP contribution is 2.21. The molecular formula is C17H32N2O2. The third-order valence-electron chi connectivity index (χ3n) is 4.47. The van der Waals surface area contributed by atoms with Crippen molar-refractivity contribution < 1.29 is 9.59 Å². The minimum atomic E-state index is -0.306. The molecule has 0 aromatic rings. The number of nitrogens with one attached hydrogen (secondary N) is 1. The molecule has 1 heterocycles. The molecule has 1 N–H and O–H groups in total. The van der Waals surface area contributed by atoms with Gasteiger partial charge < -0.3 is 5.32 Å². The second-order valence-electron chi connectivity index (χ2n) is 6.25. The van der Waals surface area contributed by atoms with Crippen LogP contribution in [0, 0.1) is 0 Å². The lowest BCUT2D eigenvalue weighted by Gasteiger charge is -2.25. The van der Waals surface area contributed by atoms with Crippen molar-refractivity contribution in [3.8, 4) is 0 Å². The van der Waals surface area contributed by atoms with Crippen LogP contribution >= 0.6 is 0 Å². The minimum absolute atomic E-state index is 0.00983. The predicted molar refractivity (Wildman–Crippen MR) is 86.0 cm³/mol. The Bertz CT molecular complexity index is 340. The fraction of sp³-hybridized carbons (Fsp3) is 0.882. The monoisotopic (exact) mass is 296 g/mol. The van der Waals surface area contributed by atoms with Crippen LogP contribution in [0.15, 0.2) is 0 Å². The molecule has 0 aliphatic carbocycles. The highest BCUT2D eigenvalue weighted by Gasteiger charge is 2.41. The van der Waals surface area contributed by atoms with Gasteiger partial charge in [-0.05, 0) is 26.2 Å². The molecule has 1 aliphatic heterocycles. The SMILES string of the molecule is CCCCCCC(C)NC1CC(=O)N(C(CC)CC)C1=O. The van der Waals surface area contributed by atoms with E-state index in [1.165, 1.54) is 30.6 Å². The average Bonchev–Trinajstić information content (AvgIpc) is 2.73. The van der Waals surface area contributed by atoms with Crippen molar-refractivity contribution in [1.29, 1.82) is 0 Å². The maximum Gasteiger partial charge on any atom is 0.247 e. The summed E-state index contributed by atoms with van der Waals surface area (Å²) in [6.45, 7) is 8.39. The van der Waals surface area contributed by atoms with E-state index in [2.05, 4.69) is 19.2 Å². The Hall–Kier alpha value is -0.900. The van der Waals surface area contributed by atoms with Crippen molar-refractivity contribution in [2.45, 2.75) is 97.2 Å². The van der Waals surface area contributed by atoms with E-state index in [9.17, 15) is 9.59 Å². The quantitative estimate of drug-likeness (QED) is 0.497. The molecule has 1 rings (SSSR count). The molecule has 0 aromatic carbocycles. The van der Waals surface area contributed by atoms with Crippen molar-refractivity contribution in [2.24, 2.45) is 0 Å². The van der Waals surface area contributed by atoms with Gasteiger partial charge in [0.05, 0.1) is 12.5 Å². The molecule has 1 saturated heterocycles. The Morgan fingerprint density at radius 2 is 1.81 bits per heavy atom. The number of imide groups is 1. The average molecular weight is 296 g/mol. The fourth-order valence-corrected chi connectivity index (χ4v) is 3.12. The molecule has 21 heavy (non-hydrogen) atoms. The van der Waals surface area contributed by atoms with E-state index >= 15 is 0 Å². The third kappa shape index (κ3) is 5.10. The van der Waals surface area contributed by atoms with Crippen LogP contribution in [0.3, 0.4) is 0 Å². The standard InChI is InChI=1S/C17H32N2O2/c1-5-8-9-10-11-13(4)18-15-12-16(20)19(17(15)21)14(6-2)7-3/h13-15,18H,5-12H2,1-4H3. The first-order chi connectivity index (χ1) is 10.0. The molecular weight excluding hydrogens is 264 g/mol. The van der Waals surface area contributed by atoms with E-state index in [1.54, 1.807) is 0 Å². The number of nitrogens with zero attached hydrogens (tertiary/aromatic N) is 1. The van der Waals surface area contributed by atoms with E-state index in [0.717, 1.165) is 19.3 Å². The summed E-state index contributed by atoms with van der Waals surface area (Å²) in [5.74, 6) is -0.0292. The van der Waals surface area contributed by atoms with Gasteiger partial charge in [0.15, 0.2) is 0 Å². The Morgan fingerprint density at radius 3 is 2.38 bits per heavy atom. The summed E-state index contributed by atoms with van der Waals surface area (Å²) in [5, 5.41) is 3.36. The molecule has 122 valence electrons. The molecule has 0 spiro atoms. The number of rotatable bonds is 10. The van der Waals surface area contributed by atoms with E-state index < -0.39 is 0 Å². The van der Waals surface area contributed by atoms with Gasteiger partial charge in [-0.25, -0.2) is 0 Å². The second-order valence-corrected chi connectivity index (χ2v) is 6.25. The topological polar surface area (TPSA) is 49.4 Å². The van der Waals surface area contributed by atoms with Crippen molar-refractivity contribution in [2.75, 3.05) is 0 Å². The van der Waals surface area contributed by atoms with Crippen LogP contribution in [0.5, 0.6) is 0 Å². The van der Waals surface area contributed by atoms with Gasteiger partial charge in [0.1, 0.15) is 0 Å². The van der Waals surface area contributed by atoms with Crippen molar-refractivity contribution in [1.82, 2.24) is 10.2 Å². The van der Waals surface area contributed by atoms with Gasteiger partial charge in [-0.2, -0.15) is 0 Å². The first kappa shape index (κ1) is 18.1. The maximum absolute atomic E-state index is 12.4. The zero-order valence-corrected chi connectivity index (χ0v) is 14.2. The highest BCUT2D eigenvalue weighted by molar-refractivity contribution is 6.05. The van der Waals surface area contributed by atoms with Crippen LogP contribution < -0.4 is 5.32 Å². The van der Waals surface area contributed by atoms with E-state index in [0.29, 0.717) is 12.5 Å². The Labute approximate surface area is 129 Å². The van der Waals surface area contributed by atoms with E-state index in [4.69, 9.17) is 0 Å². The Balaban J connectivity index is 2.46. The van der Waals surface area contributed by atoms with Crippen molar-refractivity contribution in [3.63, 3.8) is 0 Å². The number of unbranched alkanes of at least 4 members (excludes halogenated alkanes) is 3. The lowest BCUT2D eigenvalue weighted by molar-refractivity contribution is -0.141. The smallest absolute Gasteiger partial charge is 0.247 e. The summed E-state index contributed by atoms with van der Waals surface area (Å²) in [6.07, 6.45) is 8.03. The van der Waals surface area contributed by atoms with Crippen LogP contribution in [0.4, 0.5) is 0 Å². The number of amides is 2. The predicted octanol–water partition coefficient (Wildman–Crippen LogP) is 3.25. The van der Waals surface area contributed by atoms with E-state index in [-0.39, 0.29) is 23.9 Å². The summed E-state index contributed by atoms with van der Waals surface area (Å²) in [5.41, 5.74) is 0. The normalized spacial score (nSPS) is 20.6. The van der Waals surface area contributed by atoms with Crippen LogP contribution in [-0.2, 0) is 9.59 Å². The molecule has 0 bridgehead atoms. The Kier molecular flexibility index (Phi) is 7.94. The van der Waals surface area contributed by atoms with Gasteiger partial charge in [0.25, 0.3) is 0 Å². The summed E-state index contributed by atoms with van der Waals surface area (Å²) in [4.78, 5) is 26.0. The lowest BCUT2D eigenvalue weighted by Crippen LogP contribution is -2.45.